The topological polar surface area (TPSA) is 276 Å². The number of hydrogen-bond acceptors (Lipinski definition) is 14. The molecule has 17 nitrogen and oxygen atoms in total. The minimum absolute atomic E-state index is 0.0567. The van der Waals surface area contributed by atoms with Gasteiger partial charge in [-0.15, -0.1) is 0 Å². The molecule has 8 N–H and O–H groups in total. The van der Waals surface area contributed by atoms with E-state index in [-0.39, 0.29) is 19.3 Å². The highest BCUT2D eigenvalue weighted by molar-refractivity contribution is 7.47. The molecule has 0 aromatic rings. The van der Waals surface area contributed by atoms with Crippen LogP contribution in [-0.2, 0) is 41.8 Å². The van der Waals surface area contributed by atoms with Gasteiger partial charge in [0.1, 0.15) is 43.2 Å². The number of carbonyl (C=O) groups is 2. The molecule has 9 atom stereocenters. The van der Waals surface area contributed by atoms with E-state index >= 15 is 0 Å². The van der Waals surface area contributed by atoms with E-state index < -0.39 is 89.6 Å². The zero-order valence-corrected chi connectivity index (χ0v) is 41.9. The largest absolute Gasteiger partial charge is 0.472 e. The molecule has 0 saturated heterocycles. The molecule has 0 bridgehead atoms. The molecule has 1 aliphatic rings. The summed E-state index contributed by atoms with van der Waals surface area (Å²) in [6.45, 7) is 2.77. The lowest BCUT2D eigenvalue weighted by atomic mass is 9.85. The van der Waals surface area contributed by atoms with Crippen molar-refractivity contribution in [1.82, 2.24) is 0 Å². The second-order valence-corrected chi connectivity index (χ2v) is 19.2. The normalized spacial score (nSPS) is 22.4. The van der Waals surface area contributed by atoms with Crippen LogP contribution in [0.1, 0.15) is 149 Å². The quantitative estimate of drug-likeness (QED) is 0.00944. The standard InChI is InChI=1S/C49H82O17P2/c1-3-5-7-9-11-13-15-17-19-21-22-24-26-28-30-32-34-40(50)36-37-43(52)64-41(38-62-42(51)35-33-31-29-27-25-23-20-18-16-14-12-10-8-6-4-2)39-63-68(60,61)66-49-46(55)44(53)45(54)48(47(49)56)65-67(57,58)59/h5,7,11,13,17-20,22,24,28,30,32,34,40-41,44-50,53-56H,3-4,6,8-10,12,14-16,21,23,25-27,29,31,33,35-39H2,1-2H3,(H,60,61)(H2,57,58,59)/b7-5-,13-11-,19-17-,20-18-,24-22-,30-28-,34-32-/t40?,41-,44?,45?,46?,47?,48-,49+/m1/s1. The first-order chi connectivity index (χ1) is 32.5. The van der Waals surface area contributed by atoms with Gasteiger partial charge in [0.2, 0.25) is 0 Å². The van der Waals surface area contributed by atoms with E-state index in [1.165, 1.54) is 44.6 Å². The fourth-order valence-corrected chi connectivity index (χ4v) is 8.32. The van der Waals surface area contributed by atoms with Crippen LogP contribution >= 0.6 is 15.6 Å². The summed E-state index contributed by atoms with van der Waals surface area (Å²) in [6.07, 6.45) is 30.0. The fraction of sp³-hybridized carbons (Fsp3) is 0.673. The lowest BCUT2D eigenvalue weighted by molar-refractivity contribution is -0.216. The number of esters is 2. The molecule has 6 unspecified atom stereocenters. The van der Waals surface area contributed by atoms with Crippen molar-refractivity contribution in [2.24, 2.45) is 0 Å². The molecule has 1 aliphatic carbocycles. The van der Waals surface area contributed by atoms with Gasteiger partial charge in [0.15, 0.2) is 6.10 Å². The van der Waals surface area contributed by atoms with Crippen molar-refractivity contribution < 1.29 is 82.0 Å². The smallest absolute Gasteiger partial charge is 0.462 e. The highest BCUT2D eigenvalue weighted by Crippen LogP contribution is 2.49. The molecule has 0 amide bonds. The van der Waals surface area contributed by atoms with Crippen LogP contribution < -0.4 is 0 Å². The monoisotopic (exact) mass is 1000 g/mol. The van der Waals surface area contributed by atoms with Gasteiger partial charge in [-0.1, -0.05) is 150 Å². The van der Waals surface area contributed by atoms with Crippen LogP contribution in [0.2, 0.25) is 0 Å². The van der Waals surface area contributed by atoms with Crippen molar-refractivity contribution in [3.8, 4) is 0 Å². The van der Waals surface area contributed by atoms with Crippen molar-refractivity contribution in [2.45, 2.75) is 198 Å². The van der Waals surface area contributed by atoms with Gasteiger partial charge < -0.3 is 49.7 Å². The van der Waals surface area contributed by atoms with E-state index in [1.54, 1.807) is 12.2 Å². The first kappa shape index (κ1) is 63.2. The van der Waals surface area contributed by atoms with Gasteiger partial charge in [-0.05, 0) is 70.6 Å². The van der Waals surface area contributed by atoms with Gasteiger partial charge in [-0.25, -0.2) is 9.13 Å². The Bertz CT molecular complexity index is 1650. The molecule has 0 heterocycles. The number of phosphoric ester groups is 2. The molecular weight excluding hydrogens is 922 g/mol. The van der Waals surface area contributed by atoms with Gasteiger partial charge in [0, 0.05) is 12.8 Å². The zero-order valence-electron chi connectivity index (χ0n) is 40.1. The summed E-state index contributed by atoms with van der Waals surface area (Å²) < 4.78 is 49.2. The van der Waals surface area contributed by atoms with Gasteiger partial charge >= 0.3 is 27.6 Å². The van der Waals surface area contributed by atoms with E-state index in [2.05, 4.69) is 73.1 Å². The maximum Gasteiger partial charge on any atom is 0.472 e. The number of ether oxygens (including phenoxy) is 2. The number of aliphatic hydroxyl groups excluding tert-OH is 5. The van der Waals surface area contributed by atoms with Crippen molar-refractivity contribution in [3.05, 3.63) is 85.1 Å². The number of hydrogen-bond donors (Lipinski definition) is 8. The molecule has 0 radical (unpaired) electrons. The van der Waals surface area contributed by atoms with Crippen molar-refractivity contribution in [3.63, 3.8) is 0 Å². The predicted octanol–water partition coefficient (Wildman–Crippen LogP) is 8.36. The number of phosphoric acid groups is 2. The molecule has 390 valence electrons. The van der Waals surface area contributed by atoms with Crippen molar-refractivity contribution >= 4 is 27.6 Å². The lowest BCUT2D eigenvalue weighted by Crippen LogP contribution is -2.64. The van der Waals surface area contributed by atoms with E-state index in [4.69, 9.17) is 18.5 Å². The number of rotatable bonds is 39. The third kappa shape index (κ3) is 32.9. The Hall–Kier alpha value is -2.86. The Labute approximate surface area is 404 Å². The maximum absolute atomic E-state index is 13.0. The summed E-state index contributed by atoms with van der Waals surface area (Å²) in [4.78, 5) is 54.3. The molecule has 1 rings (SSSR count). The molecule has 1 saturated carbocycles. The van der Waals surface area contributed by atoms with Crippen LogP contribution in [0.15, 0.2) is 85.1 Å². The van der Waals surface area contributed by atoms with E-state index in [9.17, 15) is 58.9 Å². The second-order valence-electron chi connectivity index (χ2n) is 16.6. The average Bonchev–Trinajstić information content (AvgIpc) is 3.29. The van der Waals surface area contributed by atoms with E-state index in [0.29, 0.717) is 12.8 Å². The summed E-state index contributed by atoms with van der Waals surface area (Å²) in [5, 5.41) is 51.7. The Balaban J connectivity index is 2.70. The van der Waals surface area contributed by atoms with E-state index in [0.717, 1.165) is 64.2 Å². The Morgan fingerprint density at radius 2 is 1.07 bits per heavy atom. The Kier molecular flexibility index (Phi) is 36.1. The number of unbranched alkanes of at least 4 members (excludes halogenated alkanes) is 11. The van der Waals surface area contributed by atoms with Crippen molar-refractivity contribution in [2.75, 3.05) is 13.2 Å². The van der Waals surface area contributed by atoms with Crippen molar-refractivity contribution in [1.29, 1.82) is 0 Å². The van der Waals surface area contributed by atoms with Gasteiger partial charge in [-0.3, -0.25) is 23.2 Å². The average molecular weight is 1010 g/mol. The summed E-state index contributed by atoms with van der Waals surface area (Å²) >= 11 is 0. The SMILES string of the molecule is CC/C=C\C/C=C\C/C=C\C/C=C\C/C=C\C=C/C(O)CCC(=O)O[C@H](COC(=O)CCCCCCC/C=C\CCCCCCCC)COP(=O)(O)O[C@H]1C(O)C(O)C(O)[C@@H](OP(=O)(O)O)C1O. The number of aliphatic hydroxyl groups is 5. The van der Waals surface area contributed by atoms with Gasteiger partial charge in [0.25, 0.3) is 0 Å². The van der Waals surface area contributed by atoms with Crippen LogP contribution in [0.25, 0.3) is 0 Å². The Morgan fingerprint density at radius 1 is 0.559 bits per heavy atom. The Morgan fingerprint density at radius 3 is 1.63 bits per heavy atom. The first-order valence-electron chi connectivity index (χ1n) is 24.2. The van der Waals surface area contributed by atoms with Crippen LogP contribution in [0.4, 0.5) is 0 Å². The van der Waals surface area contributed by atoms with Gasteiger partial charge in [-0.2, -0.15) is 0 Å². The molecule has 19 heteroatoms. The zero-order chi connectivity index (χ0) is 50.5. The van der Waals surface area contributed by atoms with E-state index in [1.807, 2.05) is 12.2 Å². The van der Waals surface area contributed by atoms with Crippen LogP contribution in [0, 0.1) is 0 Å². The minimum atomic E-state index is -5.40. The number of carbonyl (C=O) groups excluding carboxylic acids is 2. The highest BCUT2D eigenvalue weighted by Gasteiger charge is 2.54. The lowest BCUT2D eigenvalue weighted by Gasteiger charge is -2.43. The fourth-order valence-electron chi connectivity index (χ4n) is 6.78. The summed E-state index contributed by atoms with van der Waals surface area (Å²) in [6, 6.07) is 0. The molecule has 0 spiro atoms. The predicted molar refractivity (Wildman–Crippen MR) is 261 cm³/mol. The maximum atomic E-state index is 13.0. The van der Waals surface area contributed by atoms with Crippen LogP contribution in [0.3, 0.4) is 0 Å². The first-order valence-corrected chi connectivity index (χ1v) is 27.3. The summed E-state index contributed by atoms with van der Waals surface area (Å²) in [5.74, 6) is -1.50. The van der Waals surface area contributed by atoms with Crippen LogP contribution in [0.5, 0.6) is 0 Å². The molecule has 0 aliphatic heterocycles. The minimum Gasteiger partial charge on any atom is -0.462 e. The molecule has 1 fully saturated rings. The third-order valence-electron chi connectivity index (χ3n) is 10.6. The van der Waals surface area contributed by atoms with Crippen LogP contribution in [-0.4, -0.2) is 114 Å². The molecule has 68 heavy (non-hydrogen) atoms. The van der Waals surface area contributed by atoms with Gasteiger partial charge in [0.05, 0.1) is 12.7 Å². The molecular formula is C49H82O17P2. The molecule has 0 aromatic carbocycles. The summed E-state index contributed by atoms with van der Waals surface area (Å²) in [7, 11) is -10.8. The second kappa shape index (κ2) is 38.8. The third-order valence-corrected chi connectivity index (χ3v) is 12.1. The number of allylic oxidation sites excluding steroid dienone is 13. The summed E-state index contributed by atoms with van der Waals surface area (Å²) in [5.41, 5.74) is 0. The molecule has 0 aromatic heterocycles. The highest BCUT2D eigenvalue weighted by atomic mass is 31.2.